The van der Waals surface area contributed by atoms with Crippen LogP contribution in [0, 0.1) is 17.7 Å². The minimum absolute atomic E-state index is 0.0218. The first kappa shape index (κ1) is 19.2. The highest BCUT2D eigenvalue weighted by atomic mass is 35.5. The van der Waals surface area contributed by atoms with Gasteiger partial charge in [-0.3, -0.25) is 0 Å². The van der Waals surface area contributed by atoms with Crippen molar-refractivity contribution in [1.29, 1.82) is 0 Å². The minimum Gasteiger partial charge on any atom is -0.474 e. The van der Waals surface area contributed by atoms with Gasteiger partial charge in [0, 0.05) is 13.1 Å². The highest BCUT2D eigenvalue weighted by Crippen LogP contribution is 2.43. The van der Waals surface area contributed by atoms with Crippen molar-refractivity contribution in [2.75, 3.05) is 25.1 Å². The molecule has 1 saturated carbocycles. The van der Waals surface area contributed by atoms with Crippen LogP contribution in [0.15, 0.2) is 6.07 Å². The summed E-state index contributed by atoms with van der Waals surface area (Å²) in [5, 5.41) is 0.117. The Labute approximate surface area is 168 Å². The molecule has 2 atom stereocenters. The number of anilines is 1. The lowest BCUT2D eigenvalue weighted by atomic mass is 9.97. The molecule has 6 nitrogen and oxygen atoms in total. The summed E-state index contributed by atoms with van der Waals surface area (Å²) >= 11 is 6.00. The Balaban J connectivity index is 1.96. The van der Waals surface area contributed by atoms with E-state index in [-0.39, 0.29) is 28.3 Å². The van der Waals surface area contributed by atoms with Crippen LogP contribution < -0.4 is 9.64 Å². The van der Waals surface area contributed by atoms with Crippen molar-refractivity contribution >= 4 is 34.2 Å². The van der Waals surface area contributed by atoms with Crippen LogP contribution in [0.5, 0.6) is 5.88 Å². The van der Waals surface area contributed by atoms with Gasteiger partial charge in [0.15, 0.2) is 16.7 Å². The zero-order valence-corrected chi connectivity index (χ0v) is 16.9. The molecule has 3 heterocycles. The molecule has 150 valence electrons. The van der Waals surface area contributed by atoms with Gasteiger partial charge in [0.2, 0.25) is 5.88 Å². The second kappa shape index (κ2) is 7.35. The zero-order valence-electron chi connectivity index (χ0n) is 16.2. The van der Waals surface area contributed by atoms with E-state index in [0.29, 0.717) is 22.9 Å². The molecular weight excluding hydrogens is 385 g/mol. The summed E-state index contributed by atoms with van der Waals surface area (Å²) in [6, 6.07) is 1.65. The number of piperidine rings is 1. The van der Waals surface area contributed by atoms with Gasteiger partial charge in [-0.05, 0) is 51.0 Å². The number of carbonyl (C=O) groups excluding carboxylic acids is 1. The maximum Gasteiger partial charge on any atom is 0.356 e. The third-order valence-corrected chi connectivity index (χ3v) is 5.74. The molecule has 0 amide bonds. The van der Waals surface area contributed by atoms with E-state index in [2.05, 4.69) is 14.9 Å². The van der Waals surface area contributed by atoms with E-state index in [1.807, 2.05) is 13.8 Å². The van der Waals surface area contributed by atoms with E-state index >= 15 is 0 Å². The van der Waals surface area contributed by atoms with Crippen LogP contribution in [0.2, 0.25) is 5.15 Å². The molecule has 0 N–H and O–H groups in total. The number of carbonyl (C=O) groups is 1. The molecule has 2 bridgehead atoms. The average Bonchev–Trinajstić information content (AvgIpc) is 3.01. The normalized spacial score (nSPS) is 21.4. The van der Waals surface area contributed by atoms with Gasteiger partial charge in [0.1, 0.15) is 5.52 Å². The summed E-state index contributed by atoms with van der Waals surface area (Å²) in [6.45, 7) is 5.42. The second-order valence-corrected chi connectivity index (χ2v) is 8.24. The third-order valence-electron chi connectivity index (χ3n) is 5.49. The predicted molar refractivity (Wildman–Crippen MR) is 105 cm³/mol. The molecule has 2 unspecified atom stereocenters. The Bertz CT molecular complexity index is 925. The molecule has 1 aliphatic heterocycles. The van der Waals surface area contributed by atoms with E-state index in [1.165, 1.54) is 26.4 Å². The summed E-state index contributed by atoms with van der Waals surface area (Å²) in [6.07, 6.45) is 3.43. The molecule has 8 heteroatoms. The molecule has 0 aromatic carbocycles. The number of hydrogen-bond donors (Lipinski definition) is 0. The van der Waals surface area contributed by atoms with Gasteiger partial charge in [-0.2, -0.15) is 4.98 Å². The number of rotatable bonds is 4. The van der Waals surface area contributed by atoms with Crippen molar-refractivity contribution in [3.8, 4) is 5.88 Å². The Morgan fingerprint density at radius 3 is 2.57 bits per heavy atom. The maximum atomic E-state index is 14.9. The number of aromatic nitrogens is 2. The van der Waals surface area contributed by atoms with Gasteiger partial charge in [-0.1, -0.05) is 11.6 Å². The fraction of sp³-hybridized carbons (Fsp3) is 0.550. The van der Waals surface area contributed by atoms with Gasteiger partial charge in [0.25, 0.3) is 0 Å². The SMILES string of the molecule is COC(=O)c1cc(N2CC3CCC(C3)C2)c2c(OC(C)C)nc(Cl)c(F)c2n1. The molecular formula is C20H23ClFN3O3. The van der Waals surface area contributed by atoms with Crippen molar-refractivity contribution in [1.82, 2.24) is 9.97 Å². The standard InChI is InChI=1S/C20H23ClFN3O3/c1-10(2)28-19-15-14(25-8-11-4-5-12(6-11)9-25)7-13(20(26)27-3)23-17(15)16(22)18(21)24-19/h7,10-12H,4-6,8-9H2,1-3H3. The molecule has 2 aliphatic rings. The van der Waals surface area contributed by atoms with Crippen LogP contribution in [-0.4, -0.2) is 42.2 Å². The topological polar surface area (TPSA) is 64.5 Å². The number of fused-ring (bicyclic) bond motifs is 3. The third kappa shape index (κ3) is 3.36. The number of ether oxygens (including phenoxy) is 2. The van der Waals surface area contributed by atoms with Crippen LogP contribution in [-0.2, 0) is 4.74 Å². The lowest BCUT2D eigenvalue weighted by molar-refractivity contribution is 0.0594. The predicted octanol–water partition coefficient (Wildman–Crippen LogP) is 4.23. The summed E-state index contributed by atoms with van der Waals surface area (Å²) < 4.78 is 25.6. The van der Waals surface area contributed by atoms with E-state index in [0.717, 1.165) is 13.1 Å². The second-order valence-electron chi connectivity index (χ2n) is 7.88. The van der Waals surface area contributed by atoms with Crippen molar-refractivity contribution in [2.24, 2.45) is 11.8 Å². The van der Waals surface area contributed by atoms with E-state index in [1.54, 1.807) is 6.07 Å². The molecule has 4 rings (SSSR count). The van der Waals surface area contributed by atoms with E-state index in [9.17, 15) is 9.18 Å². The Morgan fingerprint density at radius 2 is 1.96 bits per heavy atom. The van der Waals surface area contributed by atoms with Gasteiger partial charge < -0.3 is 14.4 Å². The van der Waals surface area contributed by atoms with Crippen molar-refractivity contribution in [3.63, 3.8) is 0 Å². The molecule has 2 fully saturated rings. The maximum absolute atomic E-state index is 14.9. The number of methoxy groups -OCH3 is 1. The molecule has 1 saturated heterocycles. The Kier molecular flexibility index (Phi) is 5.04. The molecule has 1 aliphatic carbocycles. The molecule has 0 spiro atoms. The van der Waals surface area contributed by atoms with Crippen LogP contribution in [0.1, 0.15) is 43.6 Å². The molecule has 2 aromatic heterocycles. The summed E-state index contributed by atoms with van der Waals surface area (Å²) in [5.74, 6) is 0.0426. The van der Waals surface area contributed by atoms with Gasteiger partial charge in [-0.25, -0.2) is 14.2 Å². The van der Waals surface area contributed by atoms with Crippen LogP contribution in [0.25, 0.3) is 10.9 Å². The molecule has 28 heavy (non-hydrogen) atoms. The summed E-state index contributed by atoms with van der Waals surface area (Å²) in [7, 11) is 1.28. The van der Waals surface area contributed by atoms with Crippen LogP contribution in [0.4, 0.5) is 10.1 Å². The fourth-order valence-corrected chi connectivity index (χ4v) is 4.53. The minimum atomic E-state index is -0.764. The van der Waals surface area contributed by atoms with Crippen molar-refractivity contribution in [3.05, 3.63) is 22.7 Å². The van der Waals surface area contributed by atoms with Crippen LogP contribution in [0.3, 0.4) is 0 Å². The first-order valence-corrected chi connectivity index (χ1v) is 9.94. The first-order chi connectivity index (χ1) is 13.4. The number of pyridine rings is 2. The highest BCUT2D eigenvalue weighted by Gasteiger charge is 2.35. The van der Waals surface area contributed by atoms with Crippen LogP contribution >= 0.6 is 11.6 Å². The Hall–Kier alpha value is -2.15. The average molecular weight is 408 g/mol. The van der Waals surface area contributed by atoms with Gasteiger partial charge >= 0.3 is 5.97 Å². The largest absolute Gasteiger partial charge is 0.474 e. The summed E-state index contributed by atoms with van der Waals surface area (Å²) in [5.41, 5.74) is 0.715. The number of esters is 1. The Morgan fingerprint density at radius 1 is 1.29 bits per heavy atom. The summed E-state index contributed by atoms with van der Waals surface area (Å²) in [4.78, 5) is 22.7. The number of hydrogen-bond acceptors (Lipinski definition) is 6. The quantitative estimate of drug-likeness (QED) is 0.558. The smallest absolute Gasteiger partial charge is 0.356 e. The lowest BCUT2D eigenvalue weighted by Gasteiger charge is -2.34. The number of nitrogens with zero attached hydrogens (tertiary/aromatic N) is 3. The monoisotopic (exact) mass is 407 g/mol. The van der Waals surface area contributed by atoms with E-state index < -0.39 is 11.8 Å². The van der Waals surface area contributed by atoms with Crippen molar-refractivity contribution in [2.45, 2.75) is 39.2 Å². The molecule has 0 radical (unpaired) electrons. The molecule has 2 aromatic rings. The van der Waals surface area contributed by atoms with E-state index in [4.69, 9.17) is 21.1 Å². The lowest BCUT2D eigenvalue weighted by Crippen LogP contribution is -2.36. The highest BCUT2D eigenvalue weighted by molar-refractivity contribution is 6.30. The zero-order chi connectivity index (χ0) is 20.0. The van der Waals surface area contributed by atoms with Crippen molar-refractivity contribution < 1.29 is 18.7 Å². The van der Waals surface area contributed by atoms with Gasteiger partial charge in [0.05, 0.1) is 24.3 Å². The fourth-order valence-electron chi connectivity index (χ4n) is 4.36. The number of halogens is 2. The van der Waals surface area contributed by atoms with Gasteiger partial charge in [-0.15, -0.1) is 0 Å². The first-order valence-electron chi connectivity index (χ1n) is 9.57.